The molecule has 0 bridgehead atoms. The highest BCUT2D eigenvalue weighted by Crippen LogP contribution is 2.36. The lowest BCUT2D eigenvalue weighted by Crippen LogP contribution is -2.42. The predicted molar refractivity (Wildman–Crippen MR) is 122 cm³/mol. The second-order valence-corrected chi connectivity index (χ2v) is 7.80. The standard InChI is InChI=1S/C21H28N4O3.2ClH/c1-2-28-21(27)17-12-16-15(23-17)8-9-18(24-16)25-20(26)19-14(10-11-22-19)13-6-4-3-5-7-13;;/h8-9,12-14,19,22-23H,2-7,10-11H2,1H3,(H,24,25,26);2*1H/t14-,19-;;/m0../s1. The number of rotatable bonds is 5. The number of nitrogens with one attached hydrogen (secondary N) is 3. The zero-order chi connectivity index (χ0) is 19.5. The quantitative estimate of drug-likeness (QED) is 0.588. The molecule has 2 aliphatic rings. The maximum Gasteiger partial charge on any atom is 0.354 e. The molecule has 2 atom stereocenters. The van der Waals surface area contributed by atoms with Gasteiger partial charge < -0.3 is 20.4 Å². The molecule has 1 saturated carbocycles. The van der Waals surface area contributed by atoms with Crippen molar-refractivity contribution in [2.75, 3.05) is 18.5 Å². The summed E-state index contributed by atoms with van der Waals surface area (Å²) in [5.74, 6) is 1.14. The van der Waals surface area contributed by atoms with Gasteiger partial charge in [-0.1, -0.05) is 32.1 Å². The number of aromatic nitrogens is 2. The van der Waals surface area contributed by atoms with E-state index in [0.717, 1.165) is 18.5 Å². The number of hydrogen-bond donors (Lipinski definition) is 3. The van der Waals surface area contributed by atoms with E-state index in [1.165, 1.54) is 32.1 Å². The van der Waals surface area contributed by atoms with Gasteiger partial charge in [-0.05, 0) is 49.9 Å². The molecule has 1 amide bonds. The average molecular weight is 457 g/mol. The van der Waals surface area contributed by atoms with Crippen molar-refractivity contribution in [1.82, 2.24) is 15.3 Å². The normalized spacial score (nSPS) is 21.5. The minimum Gasteiger partial charge on any atom is -0.461 e. The van der Waals surface area contributed by atoms with Crippen molar-refractivity contribution >= 4 is 53.5 Å². The molecule has 0 aromatic carbocycles. The number of fused-ring (bicyclic) bond motifs is 1. The number of pyridine rings is 1. The Morgan fingerprint density at radius 2 is 1.93 bits per heavy atom. The molecule has 7 nitrogen and oxygen atoms in total. The fourth-order valence-electron chi connectivity index (χ4n) is 4.68. The van der Waals surface area contributed by atoms with Crippen molar-refractivity contribution in [3.05, 3.63) is 23.9 Å². The Labute approximate surface area is 188 Å². The van der Waals surface area contributed by atoms with E-state index in [2.05, 4.69) is 20.6 Å². The summed E-state index contributed by atoms with van der Waals surface area (Å²) in [4.78, 5) is 32.3. The van der Waals surface area contributed by atoms with Crippen molar-refractivity contribution in [3.8, 4) is 0 Å². The number of ether oxygens (including phenoxy) is 1. The first-order valence-corrected chi connectivity index (χ1v) is 10.4. The summed E-state index contributed by atoms with van der Waals surface area (Å²) in [5, 5.41) is 6.35. The van der Waals surface area contributed by atoms with Crippen LogP contribution in [-0.4, -0.2) is 41.0 Å². The lowest BCUT2D eigenvalue weighted by Gasteiger charge is -2.30. The van der Waals surface area contributed by atoms with Crippen LogP contribution in [0, 0.1) is 11.8 Å². The molecule has 9 heteroatoms. The van der Waals surface area contributed by atoms with Gasteiger partial charge in [-0.15, -0.1) is 24.8 Å². The van der Waals surface area contributed by atoms with Gasteiger partial charge in [0.25, 0.3) is 0 Å². The zero-order valence-corrected chi connectivity index (χ0v) is 18.7. The molecule has 2 fully saturated rings. The zero-order valence-electron chi connectivity index (χ0n) is 17.1. The van der Waals surface area contributed by atoms with Gasteiger partial charge in [0.1, 0.15) is 11.5 Å². The van der Waals surface area contributed by atoms with Gasteiger partial charge >= 0.3 is 5.97 Å². The van der Waals surface area contributed by atoms with Gasteiger partial charge in [-0.25, -0.2) is 9.78 Å². The highest BCUT2D eigenvalue weighted by molar-refractivity contribution is 5.97. The molecule has 0 unspecified atom stereocenters. The Balaban J connectivity index is 0.00000160. The smallest absolute Gasteiger partial charge is 0.354 e. The molecule has 1 saturated heterocycles. The first kappa shape index (κ1) is 24.4. The topological polar surface area (TPSA) is 96.1 Å². The molecule has 3 N–H and O–H groups in total. The van der Waals surface area contributed by atoms with Gasteiger partial charge in [0.2, 0.25) is 5.91 Å². The number of esters is 1. The molecule has 166 valence electrons. The Morgan fingerprint density at radius 3 is 2.67 bits per heavy atom. The highest BCUT2D eigenvalue weighted by Gasteiger charge is 2.38. The first-order chi connectivity index (χ1) is 13.7. The van der Waals surface area contributed by atoms with Crippen LogP contribution >= 0.6 is 24.8 Å². The maximum absolute atomic E-state index is 12.9. The van der Waals surface area contributed by atoms with Gasteiger partial charge in [0.15, 0.2) is 0 Å². The highest BCUT2D eigenvalue weighted by atomic mass is 35.5. The molecule has 4 rings (SSSR count). The molecular weight excluding hydrogens is 427 g/mol. The van der Waals surface area contributed by atoms with E-state index < -0.39 is 5.97 Å². The van der Waals surface area contributed by atoms with E-state index in [9.17, 15) is 9.59 Å². The van der Waals surface area contributed by atoms with Crippen LogP contribution in [0.1, 0.15) is 55.9 Å². The van der Waals surface area contributed by atoms with E-state index in [-0.39, 0.29) is 36.8 Å². The Kier molecular flexibility index (Phi) is 8.94. The lowest BCUT2D eigenvalue weighted by atomic mass is 9.76. The van der Waals surface area contributed by atoms with E-state index in [4.69, 9.17) is 4.74 Å². The second kappa shape index (κ2) is 11.0. The summed E-state index contributed by atoms with van der Waals surface area (Å²) >= 11 is 0. The van der Waals surface area contributed by atoms with E-state index in [1.54, 1.807) is 19.1 Å². The van der Waals surface area contributed by atoms with Gasteiger partial charge in [-0.3, -0.25) is 4.79 Å². The summed E-state index contributed by atoms with van der Waals surface area (Å²) in [6.45, 7) is 2.98. The SMILES string of the molecule is CCOC(=O)c1cc2nc(NC(=O)[C@H]3NCC[C@H]3C3CCCCC3)ccc2[nH]1.Cl.Cl. The molecule has 30 heavy (non-hydrogen) atoms. The maximum atomic E-state index is 12.9. The molecule has 1 aliphatic carbocycles. The number of aromatic amines is 1. The molecule has 2 aromatic heterocycles. The number of nitrogens with zero attached hydrogens (tertiary/aromatic N) is 1. The summed E-state index contributed by atoms with van der Waals surface area (Å²) in [7, 11) is 0. The van der Waals surface area contributed by atoms with Crippen LogP contribution in [0.25, 0.3) is 11.0 Å². The lowest BCUT2D eigenvalue weighted by molar-refractivity contribution is -0.119. The minimum absolute atomic E-state index is 0. The van der Waals surface area contributed by atoms with Crippen molar-refractivity contribution < 1.29 is 14.3 Å². The number of carbonyl (C=O) groups excluding carboxylic acids is 2. The third-order valence-electron chi connectivity index (χ3n) is 6.03. The van der Waals surface area contributed by atoms with Crippen LogP contribution in [0.3, 0.4) is 0 Å². The largest absolute Gasteiger partial charge is 0.461 e. The number of anilines is 1. The number of carbonyl (C=O) groups is 2. The fourth-order valence-corrected chi connectivity index (χ4v) is 4.68. The van der Waals surface area contributed by atoms with Crippen molar-refractivity contribution in [1.29, 1.82) is 0 Å². The van der Waals surface area contributed by atoms with Crippen LogP contribution in [0.4, 0.5) is 5.82 Å². The first-order valence-electron chi connectivity index (χ1n) is 10.4. The third kappa shape index (κ3) is 5.25. The van der Waals surface area contributed by atoms with E-state index >= 15 is 0 Å². The Hall–Kier alpha value is -1.83. The van der Waals surface area contributed by atoms with Gasteiger partial charge in [0.05, 0.1) is 23.7 Å². The van der Waals surface area contributed by atoms with Crippen LogP contribution in [0.2, 0.25) is 0 Å². The summed E-state index contributed by atoms with van der Waals surface area (Å²) < 4.78 is 5.01. The second-order valence-electron chi connectivity index (χ2n) is 7.80. The number of hydrogen-bond acceptors (Lipinski definition) is 5. The van der Waals surface area contributed by atoms with Crippen molar-refractivity contribution in [2.24, 2.45) is 11.8 Å². The van der Waals surface area contributed by atoms with Gasteiger partial charge in [0, 0.05) is 0 Å². The molecule has 3 heterocycles. The third-order valence-corrected chi connectivity index (χ3v) is 6.03. The summed E-state index contributed by atoms with van der Waals surface area (Å²) in [6.07, 6.45) is 7.42. The average Bonchev–Trinajstić information content (AvgIpc) is 3.36. The number of halogens is 2. The van der Waals surface area contributed by atoms with Crippen LogP contribution in [-0.2, 0) is 9.53 Å². The molecular formula is C21H30Cl2N4O3. The van der Waals surface area contributed by atoms with Crippen LogP contribution < -0.4 is 10.6 Å². The van der Waals surface area contributed by atoms with Crippen LogP contribution in [0.5, 0.6) is 0 Å². The molecule has 0 spiro atoms. The summed E-state index contributed by atoms with van der Waals surface area (Å²) in [5.41, 5.74) is 1.73. The monoisotopic (exact) mass is 456 g/mol. The molecule has 0 radical (unpaired) electrons. The predicted octanol–water partition coefficient (Wildman–Crippen LogP) is 4.08. The Bertz CT molecular complexity index is 867. The molecule has 2 aromatic rings. The van der Waals surface area contributed by atoms with E-state index in [1.807, 2.05) is 6.07 Å². The Morgan fingerprint density at radius 1 is 1.17 bits per heavy atom. The molecule has 1 aliphatic heterocycles. The van der Waals surface area contributed by atoms with Gasteiger partial charge in [-0.2, -0.15) is 0 Å². The van der Waals surface area contributed by atoms with Crippen LogP contribution in [0.15, 0.2) is 18.2 Å². The summed E-state index contributed by atoms with van der Waals surface area (Å²) in [6, 6.07) is 5.08. The number of H-pyrrole nitrogens is 1. The van der Waals surface area contributed by atoms with Crippen molar-refractivity contribution in [3.63, 3.8) is 0 Å². The minimum atomic E-state index is -0.406. The van der Waals surface area contributed by atoms with Crippen molar-refractivity contribution in [2.45, 2.75) is 51.5 Å². The number of amides is 1. The van der Waals surface area contributed by atoms with E-state index in [0.29, 0.717) is 35.5 Å². The fraction of sp³-hybridized carbons (Fsp3) is 0.571.